The molecule has 0 N–H and O–H groups in total. The number of guanidine groups is 1. The van der Waals surface area contributed by atoms with Crippen molar-refractivity contribution in [3.05, 3.63) is 29.8 Å². The lowest BCUT2D eigenvalue weighted by Crippen LogP contribution is -2.55. The molecule has 27 heavy (non-hydrogen) atoms. The van der Waals surface area contributed by atoms with Gasteiger partial charge in [0.2, 0.25) is 5.96 Å². The quantitative estimate of drug-likeness (QED) is 0.764. The van der Waals surface area contributed by atoms with Gasteiger partial charge in [0.05, 0.1) is 38.5 Å². The Labute approximate surface area is 161 Å². The Morgan fingerprint density at radius 3 is 2.67 bits per heavy atom. The summed E-state index contributed by atoms with van der Waals surface area (Å²) < 4.78 is 10.6. The van der Waals surface area contributed by atoms with Gasteiger partial charge in [0.25, 0.3) is 0 Å². The Hall–Kier alpha value is -2.08. The van der Waals surface area contributed by atoms with Crippen LogP contribution in [-0.2, 0) is 14.3 Å². The molecule has 6 heteroatoms. The van der Waals surface area contributed by atoms with E-state index in [0.29, 0.717) is 12.5 Å². The van der Waals surface area contributed by atoms with Gasteiger partial charge in [0.1, 0.15) is 0 Å². The highest BCUT2D eigenvalue weighted by Gasteiger charge is 2.39. The van der Waals surface area contributed by atoms with Crippen molar-refractivity contribution in [3.8, 4) is 0 Å². The van der Waals surface area contributed by atoms with Crippen molar-refractivity contribution in [2.75, 3.05) is 33.4 Å². The van der Waals surface area contributed by atoms with Crippen molar-refractivity contribution >= 4 is 17.6 Å². The summed E-state index contributed by atoms with van der Waals surface area (Å²) in [7, 11) is 1.47. The van der Waals surface area contributed by atoms with E-state index in [2.05, 4.69) is 21.9 Å². The normalized spacial score (nSPS) is 23.6. The lowest BCUT2D eigenvalue weighted by molar-refractivity contribution is -0.142. The fourth-order valence-electron chi connectivity index (χ4n) is 4.55. The third-order valence-electron chi connectivity index (χ3n) is 5.93. The van der Waals surface area contributed by atoms with Crippen LogP contribution in [0.1, 0.15) is 50.1 Å². The molecule has 0 aromatic heterocycles. The van der Waals surface area contributed by atoms with Crippen molar-refractivity contribution in [2.24, 2.45) is 4.99 Å². The maximum Gasteiger partial charge on any atom is 0.307 e. The van der Waals surface area contributed by atoms with Gasteiger partial charge in [0, 0.05) is 24.7 Å². The molecule has 4 rings (SSSR count). The molecule has 146 valence electrons. The van der Waals surface area contributed by atoms with Crippen LogP contribution in [0.4, 0.5) is 5.69 Å². The number of hydrogen-bond acceptors (Lipinski definition) is 6. The van der Waals surface area contributed by atoms with Crippen LogP contribution in [0, 0.1) is 0 Å². The fraction of sp³-hybridized carbons (Fsp3) is 0.619. The summed E-state index contributed by atoms with van der Waals surface area (Å²) in [4.78, 5) is 22.1. The summed E-state index contributed by atoms with van der Waals surface area (Å²) in [6.07, 6.45) is 6.45. The number of methoxy groups -OCH3 is 1. The van der Waals surface area contributed by atoms with Crippen molar-refractivity contribution in [3.63, 3.8) is 0 Å². The van der Waals surface area contributed by atoms with E-state index in [4.69, 9.17) is 14.5 Å². The molecule has 2 aliphatic heterocycles. The molecule has 1 aromatic carbocycles. The minimum Gasteiger partial charge on any atom is -0.469 e. The zero-order valence-corrected chi connectivity index (χ0v) is 16.1. The summed E-state index contributed by atoms with van der Waals surface area (Å²) >= 11 is 0. The predicted molar refractivity (Wildman–Crippen MR) is 104 cm³/mol. The molecule has 1 unspecified atom stereocenters. The molecule has 0 bridgehead atoms. The fourth-order valence-corrected chi connectivity index (χ4v) is 4.55. The summed E-state index contributed by atoms with van der Waals surface area (Å²) in [5.41, 5.74) is 2.10. The van der Waals surface area contributed by atoms with E-state index < -0.39 is 0 Å². The number of carbonyl (C=O) groups is 1. The third-order valence-corrected chi connectivity index (χ3v) is 5.93. The SMILES string of the molecule is COC(=O)CC1c2ccccc2N=C(N2CCOCC2)N1C1CCCCC1. The van der Waals surface area contributed by atoms with Gasteiger partial charge in [-0.3, -0.25) is 4.79 Å². The van der Waals surface area contributed by atoms with Gasteiger partial charge in [-0.1, -0.05) is 37.5 Å². The first-order chi connectivity index (χ1) is 13.3. The van der Waals surface area contributed by atoms with Gasteiger partial charge in [-0.05, 0) is 18.9 Å². The van der Waals surface area contributed by atoms with E-state index >= 15 is 0 Å². The lowest BCUT2D eigenvalue weighted by atomic mass is 9.90. The zero-order chi connectivity index (χ0) is 18.6. The average molecular weight is 371 g/mol. The van der Waals surface area contributed by atoms with Crippen molar-refractivity contribution < 1.29 is 14.3 Å². The van der Waals surface area contributed by atoms with Gasteiger partial charge in [-0.25, -0.2) is 4.99 Å². The molecule has 1 aromatic rings. The Bertz CT molecular complexity index is 694. The topological polar surface area (TPSA) is 54.4 Å². The Morgan fingerprint density at radius 1 is 1.19 bits per heavy atom. The maximum atomic E-state index is 12.3. The van der Waals surface area contributed by atoms with Crippen molar-refractivity contribution in [1.29, 1.82) is 0 Å². The highest BCUT2D eigenvalue weighted by molar-refractivity contribution is 5.87. The predicted octanol–water partition coefficient (Wildman–Crippen LogP) is 3.26. The van der Waals surface area contributed by atoms with Crippen LogP contribution in [0.15, 0.2) is 29.3 Å². The molecule has 1 aliphatic carbocycles. The molecule has 3 aliphatic rings. The van der Waals surface area contributed by atoms with E-state index in [0.717, 1.165) is 56.4 Å². The Balaban J connectivity index is 1.75. The molecule has 1 saturated carbocycles. The van der Waals surface area contributed by atoms with Gasteiger partial charge < -0.3 is 19.3 Å². The zero-order valence-electron chi connectivity index (χ0n) is 16.1. The van der Waals surface area contributed by atoms with Crippen LogP contribution in [-0.4, -0.2) is 61.2 Å². The molecule has 6 nitrogen and oxygen atoms in total. The van der Waals surface area contributed by atoms with Crippen LogP contribution in [0.5, 0.6) is 0 Å². The number of para-hydroxylation sites is 1. The number of benzene rings is 1. The average Bonchev–Trinajstić information content (AvgIpc) is 2.74. The number of morpholine rings is 1. The number of fused-ring (bicyclic) bond motifs is 1. The molecular weight excluding hydrogens is 342 g/mol. The number of esters is 1. The summed E-state index contributed by atoms with van der Waals surface area (Å²) in [6.45, 7) is 3.13. The molecule has 0 amide bonds. The molecule has 1 atom stereocenters. The number of ether oxygens (including phenoxy) is 2. The monoisotopic (exact) mass is 371 g/mol. The highest BCUT2D eigenvalue weighted by atomic mass is 16.5. The van der Waals surface area contributed by atoms with E-state index in [1.165, 1.54) is 26.4 Å². The van der Waals surface area contributed by atoms with Crippen LogP contribution < -0.4 is 0 Å². The largest absolute Gasteiger partial charge is 0.469 e. The van der Waals surface area contributed by atoms with E-state index in [-0.39, 0.29) is 12.0 Å². The van der Waals surface area contributed by atoms with Crippen LogP contribution in [0.25, 0.3) is 0 Å². The maximum absolute atomic E-state index is 12.3. The molecule has 0 radical (unpaired) electrons. The second-order valence-electron chi connectivity index (χ2n) is 7.57. The van der Waals surface area contributed by atoms with E-state index in [1.807, 2.05) is 12.1 Å². The van der Waals surface area contributed by atoms with Crippen molar-refractivity contribution in [1.82, 2.24) is 9.80 Å². The minimum absolute atomic E-state index is 0.0212. The second kappa shape index (κ2) is 8.30. The standard InChI is InChI=1S/C21H29N3O3/c1-26-20(25)15-19-17-9-5-6-10-18(17)22-21(23-11-13-27-14-12-23)24(19)16-7-3-2-4-8-16/h5-6,9-10,16,19H,2-4,7-8,11-15H2,1H3. The number of nitrogens with zero attached hydrogens (tertiary/aromatic N) is 3. The molecule has 2 heterocycles. The van der Waals surface area contributed by atoms with Crippen LogP contribution in [0.3, 0.4) is 0 Å². The Kier molecular flexibility index (Phi) is 5.62. The van der Waals surface area contributed by atoms with Crippen LogP contribution >= 0.6 is 0 Å². The summed E-state index contributed by atoms with van der Waals surface area (Å²) in [5, 5.41) is 0. The molecule has 2 fully saturated rings. The lowest BCUT2D eigenvalue weighted by Gasteiger charge is -2.47. The first kappa shape index (κ1) is 18.3. The molecule has 0 spiro atoms. The first-order valence-corrected chi connectivity index (χ1v) is 10.1. The smallest absolute Gasteiger partial charge is 0.307 e. The van der Waals surface area contributed by atoms with Gasteiger partial charge >= 0.3 is 5.97 Å². The van der Waals surface area contributed by atoms with Crippen LogP contribution in [0.2, 0.25) is 0 Å². The number of carbonyl (C=O) groups excluding carboxylic acids is 1. The van der Waals surface area contributed by atoms with Crippen molar-refractivity contribution in [2.45, 2.75) is 50.6 Å². The number of aliphatic imine (C=N–C) groups is 1. The molecule has 1 saturated heterocycles. The highest BCUT2D eigenvalue weighted by Crippen LogP contribution is 2.41. The summed E-state index contributed by atoms with van der Waals surface area (Å²) in [6, 6.07) is 8.62. The molecular formula is C21H29N3O3. The van der Waals surface area contributed by atoms with Gasteiger partial charge in [-0.15, -0.1) is 0 Å². The first-order valence-electron chi connectivity index (χ1n) is 10.1. The Morgan fingerprint density at radius 2 is 1.93 bits per heavy atom. The third kappa shape index (κ3) is 3.81. The number of hydrogen-bond donors (Lipinski definition) is 0. The van der Waals surface area contributed by atoms with E-state index in [1.54, 1.807) is 0 Å². The second-order valence-corrected chi connectivity index (χ2v) is 7.57. The van der Waals surface area contributed by atoms with Gasteiger partial charge in [0.15, 0.2) is 0 Å². The number of rotatable bonds is 3. The summed E-state index contributed by atoms with van der Waals surface area (Å²) in [5.74, 6) is 0.844. The van der Waals surface area contributed by atoms with E-state index in [9.17, 15) is 4.79 Å². The minimum atomic E-state index is -0.168. The van der Waals surface area contributed by atoms with Gasteiger partial charge in [-0.2, -0.15) is 0 Å².